The van der Waals surface area contributed by atoms with Crippen molar-refractivity contribution in [3.05, 3.63) is 78.0 Å². The Morgan fingerprint density at radius 3 is 2.65 bits per heavy atom. The first-order valence-corrected chi connectivity index (χ1v) is 8.30. The quantitative estimate of drug-likeness (QED) is 0.722. The number of carbonyl (C=O) groups excluding carboxylic acids is 2. The third-order valence-corrected chi connectivity index (χ3v) is 4.23. The maximum absolute atomic E-state index is 12.6. The fraction of sp³-hybridized carbons (Fsp3) is 0.200. The molecule has 134 valence electrons. The van der Waals surface area contributed by atoms with Crippen LogP contribution < -0.4 is 10.6 Å². The van der Waals surface area contributed by atoms with E-state index >= 15 is 0 Å². The van der Waals surface area contributed by atoms with Gasteiger partial charge >= 0.3 is 12.0 Å². The van der Waals surface area contributed by atoms with Crippen LogP contribution in [0.1, 0.15) is 17.2 Å². The zero-order chi connectivity index (χ0) is 18.5. The van der Waals surface area contributed by atoms with E-state index in [1.54, 1.807) is 12.1 Å². The molecule has 6 heteroatoms. The Kier molecular flexibility index (Phi) is 5.22. The summed E-state index contributed by atoms with van der Waals surface area (Å²) in [5.41, 5.74) is 1.94. The van der Waals surface area contributed by atoms with Gasteiger partial charge in [0, 0.05) is 12.1 Å². The zero-order valence-corrected chi connectivity index (χ0v) is 14.1. The Morgan fingerprint density at radius 2 is 1.92 bits per heavy atom. The van der Waals surface area contributed by atoms with E-state index in [9.17, 15) is 14.7 Å². The lowest BCUT2D eigenvalue weighted by Gasteiger charge is -2.33. The lowest BCUT2D eigenvalue weighted by molar-refractivity contribution is -0.148. The second-order valence-electron chi connectivity index (χ2n) is 6.08. The molecule has 3 rings (SSSR count). The van der Waals surface area contributed by atoms with Crippen LogP contribution in [0.25, 0.3) is 0 Å². The Hall–Kier alpha value is -3.28. The first-order chi connectivity index (χ1) is 12.5. The van der Waals surface area contributed by atoms with Crippen LogP contribution in [0.3, 0.4) is 0 Å². The van der Waals surface area contributed by atoms with Crippen molar-refractivity contribution in [1.29, 1.82) is 0 Å². The van der Waals surface area contributed by atoms with Gasteiger partial charge in [-0.2, -0.15) is 0 Å². The number of rotatable bonds is 5. The first kappa shape index (κ1) is 17.5. The summed E-state index contributed by atoms with van der Waals surface area (Å²) in [5.74, 6) is -1.21. The van der Waals surface area contributed by atoms with Gasteiger partial charge in [0.25, 0.3) is 0 Å². The fourth-order valence-electron chi connectivity index (χ4n) is 2.96. The van der Waals surface area contributed by atoms with Crippen molar-refractivity contribution in [2.45, 2.75) is 12.5 Å². The minimum absolute atomic E-state index is 0.0529. The maximum Gasteiger partial charge on any atom is 0.319 e. The molecule has 2 aromatic rings. The Labute approximate surface area is 151 Å². The Morgan fingerprint density at radius 1 is 1.15 bits per heavy atom. The largest absolute Gasteiger partial charge is 0.508 e. The number of benzene rings is 2. The summed E-state index contributed by atoms with van der Waals surface area (Å²) in [6, 6.07) is 15.0. The van der Waals surface area contributed by atoms with Gasteiger partial charge in [-0.3, -0.25) is 4.79 Å². The van der Waals surface area contributed by atoms with Crippen molar-refractivity contribution < 1.29 is 19.4 Å². The molecule has 0 aliphatic carbocycles. The van der Waals surface area contributed by atoms with Gasteiger partial charge in [0.05, 0.1) is 12.6 Å². The molecule has 1 heterocycles. The maximum atomic E-state index is 12.6. The minimum Gasteiger partial charge on any atom is -0.508 e. The molecular formula is C20H20N2O4. The highest BCUT2D eigenvalue weighted by atomic mass is 16.5. The van der Waals surface area contributed by atoms with Gasteiger partial charge in [0.15, 0.2) is 0 Å². The summed E-state index contributed by atoms with van der Waals surface area (Å²) in [4.78, 5) is 24.4. The molecule has 1 saturated heterocycles. The van der Waals surface area contributed by atoms with Gasteiger partial charge in [-0.1, -0.05) is 49.0 Å². The molecule has 0 saturated carbocycles. The predicted molar refractivity (Wildman–Crippen MR) is 96.3 cm³/mol. The van der Waals surface area contributed by atoms with Gasteiger partial charge in [-0.15, -0.1) is 0 Å². The van der Waals surface area contributed by atoms with E-state index in [2.05, 4.69) is 17.2 Å². The van der Waals surface area contributed by atoms with E-state index in [0.29, 0.717) is 12.0 Å². The van der Waals surface area contributed by atoms with Crippen LogP contribution in [0, 0.1) is 5.92 Å². The van der Waals surface area contributed by atoms with Gasteiger partial charge in [0.1, 0.15) is 11.7 Å². The number of ether oxygens (including phenoxy) is 1. The second-order valence-corrected chi connectivity index (χ2v) is 6.08. The van der Waals surface area contributed by atoms with Gasteiger partial charge < -0.3 is 20.5 Å². The van der Waals surface area contributed by atoms with Crippen molar-refractivity contribution in [2.24, 2.45) is 5.92 Å². The molecule has 0 radical (unpaired) electrons. The molecule has 0 bridgehead atoms. The number of amides is 2. The molecule has 0 aromatic heterocycles. The number of urea groups is 1. The van der Waals surface area contributed by atoms with E-state index in [1.807, 2.05) is 30.3 Å². The number of phenolic OH excluding ortho intramolecular Hbond substituents is 1. The summed E-state index contributed by atoms with van der Waals surface area (Å²) in [6.45, 7) is 4.03. The summed E-state index contributed by atoms with van der Waals surface area (Å²) in [5, 5.41) is 14.9. The molecule has 1 aliphatic heterocycles. The molecule has 0 spiro atoms. The van der Waals surface area contributed by atoms with Crippen LogP contribution >= 0.6 is 0 Å². The van der Waals surface area contributed by atoms with Crippen molar-refractivity contribution >= 4 is 12.0 Å². The number of carbonyl (C=O) groups is 2. The molecule has 26 heavy (non-hydrogen) atoms. The van der Waals surface area contributed by atoms with E-state index < -0.39 is 24.0 Å². The summed E-state index contributed by atoms with van der Waals surface area (Å²) >= 11 is 0. The van der Waals surface area contributed by atoms with Crippen molar-refractivity contribution in [2.75, 3.05) is 6.61 Å². The number of hydrogen-bond acceptors (Lipinski definition) is 4. The lowest BCUT2D eigenvalue weighted by Crippen LogP contribution is -2.51. The van der Waals surface area contributed by atoms with Crippen molar-refractivity contribution in [3.8, 4) is 5.75 Å². The third-order valence-electron chi connectivity index (χ3n) is 4.23. The highest BCUT2D eigenvalue weighted by Crippen LogP contribution is 2.31. The summed E-state index contributed by atoms with van der Waals surface area (Å²) in [7, 11) is 0. The third kappa shape index (κ3) is 4.03. The smallest absolute Gasteiger partial charge is 0.319 e. The van der Waals surface area contributed by atoms with Crippen LogP contribution in [-0.2, 0) is 16.0 Å². The summed E-state index contributed by atoms with van der Waals surface area (Å²) in [6.07, 6.45) is 0.600. The molecule has 2 aromatic carbocycles. The topological polar surface area (TPSA) is 87.7 Å². The van der Waals surface area contributed by atoms with Gasteiger partial charge in [-0.05, 0) is 23.3 Å². The number of aromatic hydroxyl groups is 1. The fourth-order valence-corrected chi connectivity index (χ4v) is 2.96. The van der Waals surface area contributed by atoms with Gasteiger partial charge in [0.2, 0.25) is 0 Å². The SMILES string of the molecule is C=C1NC(=O)NC(c2cccc(O)c2)C1C(=O)OCCc1ccccc1. The molecule has 3 N–H and O–H groups in total. The van der Waals surface area contributed by atoms with Crippen LogP contribution in [0.2, 0.25) is 0 Å². The molecule has 2 amide bonds. The van der Waals surface area contributed by atoms with Crippen LogP contribution in [0.4, 0.5) is 4.79 Å². The molecule has 1 fully saturated rings. The van der Waals surface area contributed by atoms with E-state index in [0.717, 1.165) is 5.56 Å². The molecule has 2 unspecified atom stereocenters. The average Bonchev–Trinajstić information content (AvgIpc) is 2.62. The minimum atomic E-state index is -0.787. The second kappa shape index (κ2) is 7.74. The highest BCUT2D eigenvalue weighted by molar-refractivity contribution is 5.85. The lowest BCUT2D eigenvalue weighted by atomic mass is 9.89. The van der Waals surface area contributed by atoms with Crippen LogP contribution in [0.15, 0.2) is 66.9 Å². The standard InChI is InChI=1S/C20H20N2O4/c1-13-17(19(24)26-11-10-14-6-3-2-4-7-14)18(22-20(25)21-13)15-8-5-9-16(23)12-15/h2-9,12,17-18,23H,1,10-11H2,(H2,21,22,25). The van der Waals surface area contributed by atoms with E-state index in [1.165, 1.54) is 12.1 Å². The average molecular weight is 352 g/mol. The summed E-state index contributed by atoms with van der Waals surface area (Å²) < 4.78 is 5.42. The van der Waals surface area contributed by atoms with Crippen molar-refractivity contribution in [1.82, 2.24) is 10.6 Å². The normalized spacial score (nSPS) is 19.4. The highest BCUT2D eigenvalue weighted by Gasteiger charge is 2.38. The van der Waals surface area contributed by atoms with Crippen molar-refractivity contribution in [3.63, 3.8) is 0 Å². The Balaban J connectivity index is 1.72. The number of nitrogens with one attached hydrogen (secondary N) is 2. The molecule has 2 atom stereocenters. The van der Waals surface area contributed by atoms with E-state index in [-0.39, 0.29) is 18.1 Å². The molecule has 1 aliphatic rings. The molecular weight excluding hydrogens is 332 g/mol. The van der Waals surface area contributed by atoms with E-state index in [4.69, 9.17) is 4.74 Å². The monoisotopic (exact) mass is 352 g/mol. The van der Waals surface area contributed by atoms with Crippen LogP contribution in [0.5, 0.6) is 5.75 Å². The predicted octanol–water partition coefficient (Wildman–Crippen LogP) is 2.66. The Bertz CT molecular complexity index is 820. The van der Waals surface area contributed by atoms with Crippen LogP contribution in [-0.4, -0.2) is 23.7 Å². The molecule has 6 nitrogen and oxygen atoms in total. The first-order valence-electron chi connectivity index (χ1n) is 8.30. The number of hydrogen-bond donors (Lipinski definition) is 3. The number of esters is 1. The van der Waals surface area contributed by atoms with Gasteiger partial charge in [-0.25, -0.2) is 4.79 Å². The zero-order valence-electron chi connectivity index (χ0n) is 14.1. The number of phenols is 1.